The highest BCUT2D eigenvalue weighted by molar-refractivity contribution is 5.81. The van der Waals surface area contributed by atoms with E-state index in [0.717, 1.165) is 5.69 Å². The molecule has 0 spiro atoms. The van der Waals surface area contributed by atoms with Crippen LogP contribution in [0.4, 0.5) is 5.69 Å². The van der Waals surface area contributed by atoms with Crippen LogP contribution in [0.2, 0.25) is 0 Å². The summed E-state index contributed by atoms with van der Waals surface area (Å²) in [4.78, 5) is 13.9. The predicted octanol–water partition coefficient (Wildman–Crippen LogP) is 2.34. The molecule has 2 aromatic rings. The number of hydrogen-bond donors (Lipinski definition) is 2. The number of aliphatic hydroxyl groups is 1. The summed E-state index contributed by atoms with van der Waals surface area (Å²) in [6.45, 7) is 2.14. The van der Waals surface area contributed by atoms with Crippen molar-refractivity contribution < 1.29 is 14.3 Å². The molecule has 0 saturated heterocycles. The number of benzene rings is 1. The quantitative estimate of drug-likeness (QED) is 0.824. The fourth-order valence-electron chi connectivity index (χ4n) is 2.30. The highest BCUT2D eigenvalue weighted by Crippen LogP contribution is 2.18. The molecule has 0 saturated carbocycles. The highest BCUT2D eigenvalue weighted by Gasteiger charge is 2.17. The lowest BCUT2D eigenvalue weighted by molar-refractivity contribution is -0.120. The summed E-state index contributed by atoms with van der Waals surface area (Å²) < 4.78 is 5.15. The van der Waals surface area contributed by atoms with Crippen LogP contribution in [0.3, 0.4) is 0 Å². The fraction of sp³-hybridized carbons (Fsp3) is 0.353. The first-order chi connectivity index (χ1) is 10.6. The molecule has 5 heteroatoms. The van der Waals surface area contributed by atoms with Crippen LogP contribution in [0.1, 0.15) is 25.2 Å². The van der Waals surface area contributed by atoms with Gasteiger partial charge in [0.25, 0.3) is 0 Å². The molecular weight excluding hydrogens is 280 g/mol. The van der Waals surface area contributed by atoms with Crippen LogP contribution in [0.15, 0.2) is 53.1 Å². The first-order valence-electron chi connectivity index (χ1n) is 7.33. The Morgan fingerprint density at radius 3 is 2.64 bits per heavy atom. The third kappa shape index (κ3) is 4.63. The van der Waals surface area contributed by atoms with Crippen LogP contribution in [0.25, 0.3) is 0 Å². The van der Waals surface area contributed by atoms with Crippen molar-refractivity contribution in [1.82, 2.24) is 5.32 Å². The molecule has 1 aromatic carbocycles. The van der Waals surface area contributed by atoms with E-state index < -0.39 is 6.10 Å². The number of nitrogens with zero attached hydrogens (tertiary/aromatic N) is 1. The number of amides is 1. The number of hydrogen-bond acceptors (Lipinski definition) is 4. The lowest BCUT2D eigenvalue weighted by atomic mass is 10.1. The zero-order valence-electron chi connectivity index (χ0n) is 12.9. The summed E-state index contributed by atoms with van der Waals surface area (Å²) in [5, 5.41) is 12.9. The van der Waals surface area contributed by atoms with E-state index in [1.807, 2.05) is 49.2 Å². The van der Waals surface area contributed by atoms with Gasteiger partial charge in [-0.3, -0.25) is 4.79 Å². The van der Waals surface area contributed by atoms with Crippen LogP contribution in [0, 0.1) is 0 Å². The standard InChI is InChI=1S/C17H22N2O3/c1-13(11-15(20)16-9-6-10-22-16)18-17(21)12-19(2)14-7-4-3-5-8-14/h3-10,13,15,20H,11-12H2,1-2H3,(H,18,21). The van der Waals surface area contributed by atoms with Gasteiger partial charge in [-0.2, -0.15) is 0 Å². The van der Waals surface area contributed by atoms with Crippen molar-refractivity contribution in [3.05, 3.63) is 54.5 Å². The fourth-order valence-corrected chi connectivity index (χ4v) is 2.30. The van der Waals surface area contributed by atoms with Gasteiger partial charge in [0, 0.05) is 25.2 Å². The Morgan fingerprint density at radius 1 is 1.27 bits per heavy atom. The average Bonchev–Trinajstić information content (AvgIpc) is 3.02. The molecule has 118 valence electrons. The van der Waals surface area contributed by atoms with Gasteiger partial charge in [-0.15, -0.1) is 0 Å². The maximum absolute atomic E-state index is 12.0. The SMILES string of the molecule is CC(CC(O)c1ccco1)NC(=O)CN(C)c1ccccc1. The molecule has 1 heterocycles. The van der Waals surface area contributed by atoms with Crippen molar-refractivity contribution in [2.45, 2.75) is 25.5 Å². The van der Waals surface area contributed by atoms with Crippen molar-refractivity contribution >= 4 is 11.6 Å². The van der Waals surface area contributed by atoms with Crippen molar-refractivity contribution in [2.24, 2.45) is 0 Å². The number of carbonyl (C=O) groups excluding carboxylic acids is 1. The summed E-state index contributed by atoms with van der Waals surface area (Å²) in [6.07, 6.45) is 1.22. The number of carbonyl (C=O) groups is 1. The van der Waals surface area contributed by atoms with Crippen LogP contribution in [-0.4, -0.2) is 30.6 Å². The molecule has 1 amide bonds. The molecule has 2 rings (SSSR count). The van der Waals surface area contributed by atoms with E-state index in [1.54, 1.807) is 12.1 Å². The number of para-hydroxylation sites is 1. The second kappa shape index (κ2) is 7.66. The summed E-state index contributed by atoms with van der Waals surface area (Å²) >= 11 is 0. The van der Waals surface area contributed by atoms with Gasteiger partial charge in [-0.1, -0.05) is 18.2 Å². The summed E-state index contributed by atoms with van der Waals surface area (Å²) in [6, 6.07) is 13.0. The van der Waals surface area contributed by atoms with Crippen LogP contribution in [-0.2, 0) is 4.79 Å². The number of anilines is 1. The third-order valence-electron chi connectivity index (χ3n) is 3.43. The van der Waals surface area contributed by atoms with E-state index in [9.17, 15) is 9.90 Å². The van der Waals surface area contributed by atoms with Gasteiger partial charge in [-0.05, 0) is 31.2 Å². The monoisotopic (exact) mass is 302 g/mol. The van der Waals surface area contributed by atoms with Crippen molar-refractivity contribution in [2.75, 3.05) is 18.5 Å². The number of aliphatic hydroxyl groups excluding tert-OH is 1. The predicted molar refractivity (Wildman–Crippen MR) is 85.6 cm³/mol. The minimum Gasteiger partial charge on any atom is -0.467 e. The molecule has 2 atom stereocenters. The summed E-state index contributed by atoms with van der Waals surface area (Å²) in [5.74, 6) is 0.438. The number of rotatable bonds is 7. The summed E-state index contributed by atoms with van der Waals surface area (Å²) in [5.41, 5.74) is 0.987. The van der Waals surface area contributed by atoms with Gasteiger partial charge in [0.1, 0.15) is 11.9 Å². The maximum Gasteiger partial charge on any atom is 0.239 e. The molecule has 0 aliphatic heterocycles. The zero-order valence-corrected chi connectivity index (χ0v) is 12.9. The molecule has 0 aliphatic carbocycles. The van der Waals surface area contributed by atoms with Crippen LogP contribution >= 0.6 is 0 Å². The third-order valence-corrected chi connectivity index (χ3v) is 3.43. The largest absolute Gasteiger partial charge is 0.467 e. The van der Waals surface area contributed by atoms with Gasteiger partial charge in [-0.25, -0.2) is 0 Å². The number of nitrogens with one attached hydrogen (secondary N) is 1. The molecule has 22 heavy (non-hydrogen) atoms. The first kappa shape index (κ1) is 16.1. The molecular formula is C17H22N2O3. The molecule has 2 unspecified atom stereocenters. The van der Waals surface area contributed by atoms with Gasteiger partial charge in [0.15, 0.2) is 0 Å². The molecule has 0 radical (unpaired) electrons. The Kier molecular flexibility index (Phi) is 5.61. The second-order valence-electron chi connectivity index (χ2n) is 5.43. The average molecular weight is 302 g/mol. The molecule has 0 aliphatic rings. The van der Waals surface area contributed by atoms with E-state index in [-0.39, 0.29) is 18.5 Å². The Labute approximate surface area is 130 Å². The lowest BCUT2D eigenvalue weighted by Crippen LogP contribution is -2.40. The Bertz CT molecular complexity index is 569. The van der Waals surface area contributed by atoms with Gasteiger partial charge in [0.05, 0.1) is 12.8 Å². The van der Waals surface area contributed by atoms with Crippen LogP contribution < -0.4 is 10.2 Å². The Morgan fingerprint density at radius 2 is 2.00 bits per heavy atom. The molecule has 0 bridgehead atoms. The lowest BCUT2D eigenvalue weighted by Gasteiger charge is -2.21. The minimum atomic E-state index is -0.711. The number of furan rings is 1. The van der Waals surface area contributed by atoms with Gasteiger partial charge < -0.3 is 19.7 Å². The van der Waals surface area contributed by atoms with Crippen molar-refractivity contribution in [3.63, 3.8) is 0 Å². The minimum absolute atomic E-state index is 0.0782. The van der Waals surface area contributed by atoms with Crippen molar-refractivity contribution in [3.8, 4) is 0 Å². The van der Waals surface area contributed by atoms with E-state index in [2.05, 4.69) is 5.32 Å². The van der Waals surface area contributed by atoms with E-state index in [1.165, 1.54) is 6.26 Å². The Hall–Kier alpha value is -2.27. The van der Waals surface area contributed by atoms with Gasteiger partial charge in [0.2, 0.25) is 5.91 Å². The smallest absolute Gasteiger partial charge is 0.239 e. The molecule has 0 fully saturated rings. The zero-order chi connectivity index (χ0) is 15.9. The van der Waals surface area contributed by atoms with E-state index in [4.69, 9.17) is 4.42 Å². The molecule has 1 aromatic heterocycles. The topological polar surface area (TPSA) is 65.7 Å². The van der Waals surface area contributed by atoms with Gasteiger partial charge >= 0.3 is 0 Å². The number of likely N-dealkylation sites (N-methyl/N-ethyl adjacent to an activating group) is 1. The van der Waals surface area contributed by atoms with Crippen LogP contribution in [0.5, 0.6) is 0 Å². The van der Waals surface area contributed by atoms with E-state index in [0.29, 0.717) is 12.2 Å². The molecule has 5 nitrogen and oxygen atoms in total. The summed E-state index contributed by atoms with van der Waals surface area (Å²) in [7, 11) is 1.87. The molecule has 2 N–H and O–H groups in total. The second-order valence-corrected chi connectivity index (χ2v) is 5.43. The van der Waals surface area contributed by atoms with Crippen molar-refractivity contribution in [1.29, 1.82) is 0 Å². The highest BCUT2D eigenvalue weighted by atomic mass is 16.4. The first-order valence-corrected chi connectivity index (χ1v) is 7.33. The maximum atomic E-state index is 12.0. The Balaban J connectivity index is 1.79. The normalized spacial score (nSPS) is 13.4. The van der Waals surface area contributed by atoms with E-state index >= 15 is 0 Å².